The summed E-state index contributed by atoms with van der Waals surface area (Å²) in [4.78, 5) is 18.9. The summed E-state index contributed by atoms with van der Waals surface area (Å²) in [5.41, 5.74) is 11.5. The molecule has 124 valence electrons. The maximum atomic E-state index is 13.0. The van der Waals surface area contributed by atoms with Gasteiger partial charge in [-0.2, -0.15) is 0 Å². The smallest absolute Gasteiger partial charge is 0.205 e. The largest absolute Gasteiger partial charge is 0.397 e. The molecule has 1 aromatic carbocycles. The van der Waals surface area contributed by atoms with Crippen molar-refractivity contribution in [3.63, 3.8) is 0 Å². The number of nitrogen functional groups attached to an aromatic ring is 1. The number of aryl methyl sites for hydroxylation is 3. The van der Waals surface area contributed by atoms with E-state index in [1.807, 2.05) is 45.0 Å². The van der Waals surface area contributed by atoms with Crippen molar-refractivity contribution in [1.82, 2.24) is 4.98 Å². The average Bonchev–Trinajstić information content (AvgIpc) is 2.83. The minimum Gasteiger partial charge on any atom is -0.397 e. The van der Waals surface area contributed by atoms with E-state index in [9.17, 15) is 4.79 Å². The molecule has 0 aliphatic carbocycles. The normalized spacial score (nSPS) is 11.2. The van der Waals surface area contributed by atoms with Gasteiger partial charge in [0.1, 0.15) is 9.71 Å². The number of carbonyl (C=O) groups is 1. The second kappa shape index (κ2) is 6.34. The van der Waals surface area contributed by atoms with Crippen molar-refractivity contribution in [2.24, 2.45) is 0 Å². The lowest BCUT2D eigenvalue weighted by Gasteiger charge is -2.06. The fraction of sp³-hybridized carbons (Fsp3) is 0.263. The Morgan fingerprint density at radius 3 is 2.67 bits per heavy atom. The number of hydrogen-bond acceptors (Lipinski definition) is 5. The van der Waals surface area contributed by atoms with Gasteiger partial charge in [-0.3, -0.25) is 4.79 Å². The SMILES string of the molecule is COCc1cc(C)nc2sc(C(=O)c3ccc(C)cc3C)c(N)c12. The third-order valence-electron chi connectivity index (χ3n) is 4.04. The average molecular weight is 340 g/mol. The van der Waals surface area contributed by atoms with Crippen LogP contribution in [0.4, 0.5) is 5.69 Å². The van der Waals surface area contributed by atoms with Gasteiger partial charge < -0.3 is 10.5 Å². The van der Waals surface area contributed by atoms with E-state index in [4.69, 9.17) is 10.5 Å². The van der Waals surface area contributed by atoms with Gasteiger partial charge in [-0.25, -0.2) is 4.98 Å². The van der Waals surface area contributed by atoms with Crippen molar-refractivity contribution in [3.8, 4) is 0 Å². The topological polar surface area (TPSA) is 65.2 Å². The zero-order valence-corrected chi connectivity index (χ0v) is 15.1. The van der Waals surface area contributed by atoms with Gasteiger partial charge in [-0.15, -0.1) is 11.3 Å². The van der Waals surface area contributed by atoms with Crippen molar-refractivity contribution in [3.05, 3.63) is 57.1 Å². The number of nitrogens with zero attached hydrogens (tertiary/aromatic N) is 1. The van der Waals surface area contributed by atoms with Crippen LogP contribution in [0.25, 0.3) is 10.2 Å². The first kappa shape index (κ1) is 16.6. The quantitative estimate of drug-likeness (QED) is 0.724. The second-order valence-electron chi connectivity index (χ2n) is 6.03. The van der Waals surface area contributed by atoms with Crippen LogP contribution in [0, 0.1) is 20.8 Å². The summed E-state index contributed by atoms with van der Waals surface area (Å²) in [5.74, 6) is -0.0472. The molecule has 5 heteroatoms. The van der Waals surface area contributed by atoms with Crippen LogP contribution in [0.2, 0.25) is 0 Å². The molecule has 0 radical (unpaired) electrons. The Hall–Kier alpha value is -2.24. The minimum absolute atomic E-state index is 0.0472. The molecule has 3 rings (SSSR count). The standard InChI is InChI=1S/C19H20N2O2S/c1-10-5-6-14(11(2)7-10)17(22)18-16(20)15-13(9-23-4)8-12(3)21-19(15)24-18/h5-8H,9,20H2,1-4H3. The van der Waals surface area contributed by atoms with Crippen LogP contribution in [0.5, 0.6) is 0 Å². The third-order valence-corrected chi connectivity index (χ3v) is 5.14. The van der Waals surface area contributed by atoms with Crippen LogP contribution in [-0.4, -0.2) is 17.9 Å². The minimum atomic E-state index is -0.0472. The van der Waals surface area contributed by atoms with Gasteiger partial charge in [-0.1, -0.05) is 23.8 Å². The number of anilines is 1. The van der Waals surface area contributed by atoms with E-state index in [0.717, 1.165) is 32.6 Å². The lowest BCUT2D eigenvalue weighted by molar-refractivity contribution is 0.104. The summed E-state index contributed by atoms with van der Waals surface area (Å²) >= 11 is 1.35. The number of ether oxygens (including phenoxy) is 1. The molecule has 2 heterocycles. The van der Waals surface area contributed by atoms with E-state index in [0.29, 0.717) is 22.7 Å². The predicted molar refractivity (Wildman–Crippen MR) is 98.8 cm³/mol. The van der Waals surface area contributed by atoms with Crippen molar-refractivity contribution in [1.29, 1.82) is 0 Å². The molecule has 0 spiro atoms. The van der Waals surface area contributed by atoms with E-state index >= 15 is 0 Å². The van der Waals surface area contributed by atoms with Crippen molar-refractivity contribution in [2.45, 2.75) is 27.4 Å². The Kier molecular flexibility index (Phi) is 4.39. The molecule has 0 amide bonds. The van der Waals surface area contributed by atoms with E-state index in [1.54, 1.807) is 7.11 Å². The molecule has 3 aromatic rings. The summed E-state index contributed by atoms with van der Waals surface area (Å²) in [6.45, 7) is 6.33. The lowest BCUT2D eigenvalue weighted by Crippen LogP contribution is -2.05. The van der Waals surface area contributed by atoms with Crippen molar-refractivity contribution >= 4 is 33.0 Å². The van der Waals surface area contributed by atoms with Gasteiger partial charge in [0.25, 0.3) is 0 Å². The fourth-order valence-corrected chi connectivity index (χ4v) is 4.11. The maximum absolute atomic E-state index is 13.0. The summed E-state index contributed by atoms with van der Waals surface area (Å²) in [6.07, 6.45) is 0. The molecule has 0 bridgehead atoms. The number of carbonyl (C=O) groups excluding carboxylic acids is 1. The molecular formula is C19H20N2O2S. The molecule has 0 aliphatic rings. The van der Waals surface area contributed by atoms with E-state index < -0.39 is 0 Å². The van der Waals surface area contributed by atoms with Crippen LogP contribution in [0.15, 0.2) is 24.3 Å². The van der Waals surface area contributed by atoms with Crippen LogP contribution in [0.1, 0.15) is 37.6 Å². The number of fused-ring (bicyclic) bond motifs is 1. The number of hydrogen-bond donors (Lipinski definition) is 1. The number of methoxy groups -OCH3 is 1. The first-order chi connectivity index (χ1) is 11.4. The Morgan fingerprint density at radius 2 is 2.00 bits per heavy atom. The molecule has 0 atom stereocenters. The molecule has 2 aromatic heterocycles. The molecule has 0 saturated heterocycles. The van der Waals surface area contributed by atoms with Gasteiger partial charge in [0.05, 0.1) is 12.3 Å². The molecule has 0 unspecified atom stereocenters. The van der Waals surface area contributed by atoms with Gasteiger partial charge in [-0.05, 0) is 38.0 Å². The molecule has 0 saturated carbocycles. The molecule has 0 fully saturated rings. The summed E-state index contributed by atoms with van der Waals surface area (Å²) in [7, 11) is 1.64. The van der Waals surface area contributed by atoms with Crippen molar-refractivity contribution < 1.29 is 9.53 Å². The first-order valence-electron chi connectivity index (χ1n) is 7.71. The number of pyridine rings is 1. The zero-order chi connectivity index (χ0) is 17.4. The van der Waals surface area contributed by atoms with Crippen LogP contribution in [-0.2, 0) is 11.3 Å². The van der Waals surface area contributed by atoms with Crippen molar-refractivity contribution in [2.75, 3.05) is 12.8 Å². The van der Waals surface area contributed by atoms with Gasteiger partial charge in [0, 0.05) is 23.8 Å². The second-order valence-corrected chi connectivity index (χ2v) is 7.03. The highest BCUT2D eigenvalue weighted by Gasteiger charge is 2.22. The number of thiophene rings is 1. The molecular weight excluding hydrogens is 320 g/mol. The highest BCUT2D eigenvalue weighted by Crippen LogP contribution is 2.37. The summed E-state index contributed by atoms with van der Waals surface area (Å²) in [6, 6.07) is 7.78. The Morgan fingerprint density at radius 1 is 1.25 bits per heavy atom. The summed E-state index contributed by atoms with van der Waals surface area (Å²) in [5, 5.41) is 0.834. The molecule has 0 aliphatic heterocycles. The Labute approximate surface area is 145 Å². The predicted octanol–water partition coefficient (Wildman–Crippen LogP) is 4.18. The highest BCUT2D eigenvalue weighted by molar-refractivity contribution is 7.21. The molecule has 2 N–H and O–H groups in total. The third kappa shape index (κ3) is 2.81. The summed E-state index contributed by atoms with van der Waals surface area (Å²) < 4.78 is 5.27. The molecule has 24 heavy (non-hydrogen) atoms. The van der Waals surface area contributed by atoms with Crippen LogP contribution < -0.4 is 5.73 Å². The number of benzene rings is 1. The number of ketones is 1. The number of aromatic nitrogens is 1. The monoisotopic (exact) mass is 340 g/mol. The van der Waals surface area contributed by atoms with Gasteiger partial charge >= 0.3 is 0 Å². The highest BCUT2D eigenvalue weighted by atomic mass is 32.1. The van der Waals surface area contributed by atoms with E-state index in [-0.39, 0.29) is 5.78 Å². The Bertz CT molecular complexity index is 944. The van der Waals surface area contributed by atoms with E-state index in [1.165, 1.54) is 11.3 Å². The molecule has 4 nitrogen and oxygen atoms in total. The number of nitrogens with two attached hydrogens (primary N) is 1. The first-order valence-corrected chi connectivity index (χ1v) is 8.53. The Balaban J connectivity index is 2.18. The van der Waals surface area contributed by atoms with Gasteiger partial charge in [0.15, 0.2) is 0 Å². The van der Waals surface area contributed by atoms with Crippen LogP contribution >= 0.6 is 11.3 Å². The zero-order valence-electron chi connectivity index (χ0n) is 14.3. The van der Waals surface area contributed by atoms with Crippen LogP contribution in [0.3, 0.4) is 0 Å². The van der Waals surface area contributed by atoms with E-state index in [2.05, 4.69) is 4.98 Å². The lowest BCUT2D eigenvalue weighted by atomic mass is 10.0. The number of rotatable bonds is 4. The maximum Gasteiger partial charge on any atom is 0.205 e. The fourth-order valence-electron chi connectivity index (χ4n) is 2.97. The van der Waals surface area contributed by atoms with Gasteiger partial charge in [0.2, 0.25) is 5.78 Å².